The van der Waals surface area contributed by atoms with Gasteiger partial charge in [0, 0.05) is 6.07 Å². The summed E-state index contributed by atoms with van der Waals surface area (Å²) in [6, 6.07) is 2.09. The van der Waals surface area contributed by atoms with Crippen LogP contribution in [0.1, 0.15) is 18.9 Å². The standard InChI is InChI=1S/C15H17F2NO3/c1-9(2)6-13(15(20)21-3)18-14(19)7-10-4-5-11(16)8-12(10)17/h4-5,8,13H,1,6-7H2,2-3H3,(H,18,19)/t13-/m1/s1. The van der Waals surface area contributed by atoms with Crippen molar-refractivity contribution in [1.29, 1.82) is 0 Å². The maximum absolute atomic E-state index is 13.5. The van der Waals surface area contributed by atoms with E-state index in [1.165, 1.54) is 13.2 Å². The van der Waals surface area contributed by atoms with E-state index in [-0.39, 0.29) is 18.4 Å². The lowest BCUT2D eigenvalue weighted by atomic mass is 10.1. The molecule has 0 heterocycles. The highest BCUT2D eigenvalue weighted by Crippen LogP contribution is 2.11. The molecular formula is C15H17F2NO3. The molecule has 0 radical (unpaired) electrons. The Labute approximate surface area is 121 Å². The van der Waals surface area contributed by atoms with E-state index >= 15 is 0 Å². The smallest absolute Gasteiger partial charge is 0.328 e. The first-order valence-corrected chi connectivity index (χ1v) is 6.29. The van der Waals surface area contributed by atoms with Gasteiger partial charge in [0.2, 0.25) is 5.91 Å². The normalized spacial score (nSPS) is 11.6. The van der Waals surface area contributed by atoms with E-state index in [1.807, 2.05) is 0 Å². The van der Waals surface area contributed by atoms with Crippen molar-refractivity contribution in [2.45, 2.75) is 25.8 Å². The van der Waals surface area contributed by atoms with E-state index < -0.39 is 29.6 Å². The monoisotopic (exact) mass is 297 g/mol. The van der Waals surface area contributed by atoms with Crippen LogP contribution in [0.2, 0.25) is 0 Å². The van der Waals surface area contributed by atoms with Gasteiger partial charge in [-0.3, -0.25) is 4.79 Å². The van der Waals surface area contributed by atoms with Crippen LogP contribution in [-0.4, -0.2) is 25.0 Å². The Balaban J connectivity index is 2.73. The average Bonchev–Trinajstić information content (AvgIpc) is 2.39. The van der Waals surface area contributed by atoms with Crippen molar-refractivity contribution in [3.63, 3.8) is 0 Å². The first-order chi connectivity index (χ1) is 9.83. The third-order valence-corrected chi connectivity index (χ3v) is 2.74. The Bertz CT molecular complexity index is 558. The predicted molar refractivity (Wildman–Crippen MR) is 73.4 cm³/mol. The summed E-state index contributed by atoms with van der Waals surface area (Å²) in [6.07, 6.45) is -0.0693. The molecule has 0 bridgehead atoms. The van der Waals surface area contributed by atoms with Crippen LogP contribution >= 0.6 is 0 Å². The summed E-state index contributed by atoms with van der Waals surface area (Å²) in [6.45, 7) is 5.38. The SMILES string of the molecule is C=C(C)C[C@@H](NC(=O)Cc1ccc(F)cc1F)C(=O)OC. The minimum Gasteiger partial charge on any atom is -0.467 e. The van der Waals surface area contributed by atoms with Gasteiger partial charge >= 0.3 is 5.97 Å². The van der Waals surface area contributed by atoms with Crippen molar-refractivity contribution in [3.8, 4) is 0 Å². The van der Waals surface area contributed by atoms with Gasteiger partial charge < -0.3 is 10.1 Å². The second-order valence-corrected chi connectivity index (χ2v) is 4.72. The quantitative estimate of drug-likeness (QED) is 0.646. The number of ether oxygens (including phenoxy) is 1. The molecule has 1 rings (SSSR count). The van der Waals surface area contributed by atoms with E-state index in [0.717, 1.165) is 6.07 Å². The first kappa shape index (κ1) is 16.8. The molecule has 21 heavy (non-hydrogen) atoms. The highest BCUT2D eigenvalue weighted by atomic mass is 19.1. The predicted octanol–water partition coefficient (Wildman–Crippen LogP) is 2.13. The van der Waals surface area contributed by atoms with Gasteiger partial charge in [-0.05, 0) is 25.0 Å². The zero-order valence-corrected chi connectivity index (χ0v) is 11.9. The number of amides is 1. The number of carbonyl (C=O) groups excluding carboxylic acids is 2. The molecule has 1 aromatic rings. The van der Waals surface area contributed by atoms with Gasteiger partial charge in [0.1, 0.15) is 17.7 Å². The molecule has 1 N–H and O–H groups in total. The molecule has 0 fully saturated rings. The molecule has 4 nitrogen and oxygen atoms in total. The maximum Gasteiger partial charge on any atom is 0.328 e. The third kappa shape index (κ3) is 5.33. The number of nitrogens with one attached hydrogen (secondary N) is 1. The molecular weight excluding hydrogens is 280 g/mol. The van der Waals surface area contributed by atoms with Crippen molar-refractivity contribution in [2.24, 2.45) is 0 Å². The van der Waals surface area contributed by atoms with Gasteiger partial charge in [-0.15, -0.1) is 6.58 Å². The molecule has 0 aliphatic heterocycles. The Morgan fingerprint density at radius 3 is 2.57 bits per heavy atom. The average molecular weight is 297 g/mol. The molecule has 0 unspecified atom stereocenters. The molecule has 1 atom stereocenters. The Hall–Kier alpha value is -2.24. The van der Waals surface area contributed by atoms with E-state index in [2.05, 4.69) is 16.6 Å². The molecule has 6 heteroatoms. The Morgan fingerprint density at radius 1 is 1.38 bits per heavy atom. The van der Waals surface area contributed by atoms with E-state index in [4.69, 9.17) is 0 Å². The zero-order chi connectivity index (χ0) is 16.0. The summed E-state index contributed by atoms with van der Waals surface area (Å²) in [5.74, 6) is -2.69. The Morgan fingerprint density at radius 2 is 2.05 bits per heavy atom. The number of rotatable bonds is 6. The maximum atomic E-state index is 13.5. The topological polar surface area (TPSA) is 55.4 Å². The lowest BCUT2D eigenvalue weighted by Gasteiger charge is -2.16. The largest absolute Gasteiger partial charge is 0.467 e. The molecule has 0 saturated carbocycles. The van der Waals surface area contributed by atoms with Crippen LogP contribution in [-0.2, 0) is 20.7 Å². The van der Waals surface area contributed by atoms with Gasteiger partial charge in [-0.25, -0.2) is 13.6 Å². The molecule has 0 aromatic heterocycles. The minimum absolute atomic E-state index is 0.0489. The fourth-order valence-corrected chi connectivity index (χ4v) is 1.77. The van der Waals surface area contributed by atoms with Gasteiger partial charge in [-0.1, -0.05) is 11.6 Å². The highest BCUT2D eigenvalue weighted by molar-refractivity contribution is 5.85. The summed E-state index contributed by atoms with van der Waals surface area (Å²) >= 11 is 0. The number of hydrogen-bond donors (Lipinski definition) is 1. The van der Waals surface area contributed by atoms with Crippen molar-refractivity contribution in [2.75, 3.05) is 7.11 Å². The molecule has 0 saturated heterocycles. The second-order valence-electron chi connectivity index (χ2n) is 4.72. The third-order valence-electron chi connectivity index (χ3n) is 2.74. The fourth-order valence-electron chi connectivity index (χ4n) is 1.77. The summed E-state index contributed by atoms with van der Waals surface area (Å²) < 4.78 is 30.8. The lowest BCUT2D eigenvalue weighted by Crippen LogP contribution is -2.42. The minimum atomic E-state index is -0.872. The number of esters is 1. The number of benzene rings is 1. The number of methoxy groups -OCH3 is 1. The van der Waals surface area contributed by atoms with E-state index in [1.54, 1.807) is 6.92 Å². The van der Waals surface area contributed by atoms with Crippen LogP contribution in [0.3, 0.4) is 0 Å². The van der Waals surface area contributed by atoms with Crippen LogP contribution in [0.4, 0.5) is 8.78 Å². The van der Waals surface area contributed by atoms with Gasteiger partial charge in [0.15, 0.2) is 0 Å². The Kier molecular flexibility index (Phi) is 6.02. The molecule has 0 aliphatic carbocycles. The number of halogens is 2. The van der Waals surface area contributed by atoms with Gasteiger partial charge in [0.05, 0.1) is 13.5 Å². The molecule has 0 aliphatic rings. The number of hydrogen-bond acceptors (Lipinski definition) is 3. The fraction of sp³-hybridized carbons (Fsp3) is 0.333. The van der Waals surface area contributed by atoms with E-state index in [0.29, 0.717) is 11.6 Å². The van der Waals surface area contributed by atoms with Crippen LogP contribution in [0.5, 0.6) is 0 Å². The van der Waals surface area contributed by atoms with Crippen molar-refractivity contribution in [3.05, 3.63) is 47.5 Å². The van der Waals surface area contributed by atoms with Crippen molar-refractivity contribution < 1.29 is 23.1 Å². The van der Waals surface area contributed by atoms with Crippen molar-refractivity contribution >= 4 is 11.9 Å². The zero-order valence-electron chi connectivity index (χ0n) is 11.9. The summed E-state index contributed by atoms with van der Waals surface area (Å²) in [5.41, 5.74) is 0.742. The lowest BCUT2D eigenvalue weighted by molar-refractivity contribution is -0.145. The van der Waals surface area contributed by atoms with Crippen LogP contribution in [0, 0.1) is 11.6 Å². The molecule has 0 spiro atoms. The van der Waals surface area contributed by atoms with Crippen LogP contribution < -0.4 is 5.32 Å². The molecule has 1 amide bonds. The van der Waals surface area contributed by atoms with Crippen LogP contribution in [0.25, 0.3) is 0 Å². The van der Waals surface area contributed by atoms with Crippen molar-refractivity contribution in [1.82, 2.24) is 5.32 Å². The first-order valence-electron chi connectivity index (χ1n) is 6.29. The second kappa shape index (κ2) is 7.52. The van der Waals surface area contributed by atoms with Gasteiger partial charge in [0.25, 0.3) is 0 Å². The summed E-state index contributed by atoms with van der Waals surface area (Å²) in [5, 5.41) is 2.45. The summed E-state index contributed by atoms with van der Waals surface area (Å²) in [7, 11) is 1.21. The highest BCUT2D eigenvalue weighted by Gasteiger charge is 2.22. The summed E-state index contributed by atoms with van der Waals surface area (Å²) in [4.78, 5) is 23.4. The van der Waals surface area contributed by atoms with Crippen LogP contribution in [0.15, 0.2) is 30.4 Å². The van der Waals surface area contributed by atoms with Gasteiger partial charge in [-0.2, -0.15) is 0 Å². The number of carbonyl (C=O) groups is 2. The van der Waals surface area contributed by atoms with E-state index in [9.17, 15) is 18.4 Å². The molecule has 1 aromatic carbocycles. The molecule has 114 valence electrons.